The van der Waals surface area contributed by atoms with E-state index in [4.69, 9.17) is 9.72 Å². The third-order valence-electron chi connectivity index (χ3n) is 7.15. The van der Waals surface area contributed by atoms with E-state index in [0.717, 1.165) is 16.5 Å². The van der Waals surface area contributed by atoms with Crippen molar-refractivity contribution in [1.29, 1.82) is 0 Å². The zero-order chi connectivity index (χ0) is 28.3. The molecule has 0 unspecified atom stereocenters. The van der Waals surface area contributed by atoms with Crippen molar-refractivity contribution in [2.24, 2.45) is 11.8 Å². The number of aromatic nitrogens is 1. The molecule has 208 valence electrons. The first-order valence-corrected chi connectivity index (χ1v) is 13.5. The quantitative estimate of drug-likeness (QED) is 0.479. The van der Waals surface area contributed by atoms with E-state index in [1.165, 1.54) is 5.01 Å². The molecule has 1 saturated heterocycles. The number of hydrazine groups is 1. The van der Waals surface area contributed by atoms with Crippen LogP contribution in [0.4, 0.5) is 0 Å². The lowest BCUT2D eigenvalue weighted by Gasteiger charge is -2.35. The van der Waals surface area contributed by atoms with E-state index < -0.39 is 42.0 Å². The van der Waals surface area contributed by atoms with E-state index in [-0.39, 0.29) is 17.7 Å². The number of fused-ring (bicyclic) bond motifs is 4. The first-order valence-electron chi connectivity index (χ1n) is 13.5. The van der Waals surface area contributed by atoms with E-state index >= 15 is 0 Å². The van der Waals surface area contributed by atoms with Crippen LogP contribution in [0.1, 0.15) is 64.8 Å². The van der Waals surface area contributed by atoms with Gasteiger partial charge in [-0.25, -0.2) is 10.4 Å². The van der Waals surface area contributed by atoms with Crippen molar-refractivity contribution >= 4 is 40.7 Å². The number of carbonyl (C=O) groups excluding carboxylic acids is 4. The SMILES string of the molecule is CC(C)[C@@H]1NC(=O)[C@H](C)/C=C/c2ccc3ccc(nc3c2)[C@@H](C)OC(=O)[C@@H]2CCCN(N2)C(=O)[C@H](C)NC1=O. The number of nitrogens with zero attached hydrogens (tertiary/aromatic N) is 2. The van der Waals surface area contributed by atoms with Crippen LogP contribution in [0.25, 0.3) is 17.0 Å². The lowest BCUT2D eigenvalue weighted by atomic mass is 10.0. The second-order valence-corrected chi connectivity index (χ2v) is 10.7. The monoisotopic (exact) mass is 535 g/mol. The summed E-state index contributed by atoms with van der Waals surface area (Å²) in [5, 5.41) is 7.85. The van der Waals surface area contributed by atoms with Crippen LogP contribution < -0.4 is 16.1 Å². The number of benzene rings is 1. The molecule has 2 aliphatic rings. The van der Waals surface area contributed by atoms with Gasteiger partial charge in [0, 0.05) is 11.9 Å². The number of esters is 1. The van der Waals surface area contributed by atoms with E-state index in [0.29, 0.717) is 25.1 Å². The van der Waals surface area contributed by atoms with Gasteiger partial charge in [-0.3, -0.25) is 24.2 Å². The number of hydrogen-bond donors (Lipinski definition) is 3. The molecule has 3 amide bonds. The van der Waals surface area contributed by atoms with Crippen LogP contribution >= 0.6 is 0 Å². The largest absolute Gasteiger partial charge is 0.455 e. The van der Waals surface area contributed by atoms with Crippen LogP contribution in [0.2, 0.25) is 0 Å². The lowest BCUT2D eigenvalue weighted by molar-refractivity contribution is -0.157. The summed E-state index contributed by atoms with van der Waals surface area (Å²) in [7, 11) is 0. The van der Waals surface area contributed by atoms with Crippen LogP contribution in [0.5, 0.6) is 0 Å². The molecule has 2 aliphatic heterocycles. The molecule has 3 N–H and O–H groups in total. The van der Waals surface area contributed by atoms with Crippen molar-refractivity contribution in [3.05, 3.63) is 47.7 Å². The number of nitrogens with one attached hydrogen (secondary N) is 3. The fraction of sp³-hybridized carbons (Fsp3) is 0.483. The molecule has 5 atom stereocenters. The molecule has 2 aromatic rings. The van der Waals surface area contributed by atoms with Crippen molar-refractivity contribution in [2.45, 2.75) is 71.7 Å². The maximum atomic E-state index is 13.1. The van der Waals surface area contributed by atoms with Gasteiger partial charge in [-0.2, -0.15) is 0 Å². The number of ether oxygens (including phenoxy) is 1. The van der Waals surface area contributed by atoms with Crippen molar-refractivity contribution in [3.8, 4) is 0 Å². The Morgan fingerprint density at radius 3 is 2.49 bits per heavy atom. The Kier molecular flexibility index (Phi) is 8.64. The lowest BCUT2D eigenvalue weighted by Crippen LogP contribution is -2.61. The van der Waals surface area contributed by atoms with Crippen LogP contribution in [-0.4, -0.2) is 58.4 Å². The number of carbonyl (C=O) groups is 4. The van der Waals surface area contributed by atoms with Gasteiger partial charge >= 0.3 is 5.97 Å². The van der Waals surface area contributed by atoms with Crippen molar-refractivity contribution in [2.75, 3.05) is 6.54 Å². The molecule has 1 aromatic heterocycles. The summed E-state index contributed by atoms with van der Waals surface area (Å²) in [6.07, 6.45) is 4.12. The Bertz CT molecular complexity index is 1290. The fourth-order valence-corrected chi connectivity index (χ4v) is 4.67. The zero-order valence-electron chi connectivity index (χ0n) is 23.1. The smallest absolute Gasteiger partial charge is 0.325 e. The second-order valence-electron chi connectivity index (χ2n) is 10.7. The molecule has 0 radical (unpaired) electrons. The second kappa shape index (κ2) is 11.9. The highest BCUT2D eigenvalue weighted by molar-refractivity contribution is 5.93. The van der Waals surface area contributed by atoms with E-state index in [1.54, 1.807) is 26.8 Å². The zero-order valence-corrected chi connectivity index (χ0v) is 23.1. The van der Waals surface area contributed by atoms with Crippen LogP contribution in [0.15, 0.2) is 36.4 Å². The number of hydrogen-bond acceptors (Lipinski definition) is 7. The van der Waals surface area contributed by atoms with Gasteiger partial charge in [0.2, 0.25) is 11.8 Å². The molecule has 1 aromatic carbocycles. The van der Waals surface area contributed by atoms with Gasteiger partial charge in [0.05, 0.1) is 17.1 Å². The first kappa shape index (κ1) is 28.2. The Labute approximate surface area is 228 Å². The minimum atomic E-state index is -0.870. The summed E-state index contributed by atoms with van der Waals surface area (Å²) in [5.41, 5.74) is 5.17. The highest BCUT2D eigenvalue weighted by Crippen LogP contribution is 2.23. The Morgan fingerprint density at radius 2 is 1.74 bits per heavy atom. The minimum absolute atomic E-state index is 0.205. The average Bonchev–Trinajstić information content (AvgIpc) is 2.92. The third kappa shape index (κ3) is 6.62. The molecule has 4 rings (SSSR count). The predicted molar refractivity (Wildman–Crippen MR) is 147 cm³/mol. The molecular weight excluding hydrogens is 498 g/mol. The molecule has 0 aliphatic carbocycles. The molecule has 1 fully saturated rings. The standard InChI is InChI=1S/C29H37N5O5/c1-16(2)25-27(36)30-18(4)28(37)34-14-6-7-23(33-34)29(38)39-19(5)22-13-12-21-11-10-20(15-24(21)31-22)9-8-17(3)26(35)32-25/h8-13,15-19,23,25,33H,6-7,14H2,1-5H3,(H,30,36)(H,32,35)/b9-8+/t17-,18+,19-,23+,25+/m1/s1. The van der Waals surface area contributed by atoms with Crippen LogP contribution in [0.3, 0.4) is 0 Å². The molecule has 10 nitrogen and oxygen atoms in total. The predicted octanol–water partition coefficient (Wildman–Crippen LogP) is 2.64. The van der Waals surface area contributed by atoms with Gasteiger partial charge in [-0.05, 0) is 50.3 Å². The summed E-state index contributed by atoms with van der Waals surface area (Å²) in [5.74, 6) is -2.30. The van der Waals surface area contributed by atoms with Crippen molar-refractivity contribution in [1.82, 2.24) is 26.1 Å². The summed E-state index contributed by atoms with van der Waals surface area (Å²) in [6.45, 7) is 9.16. The summed E-state index contributed by atoms with van der Waals surface area (Å²) in [4.78, 5) is 56.9. The van der Waals surface area contributed by atoms with Gasteiger partial charge in [0.25, 0.3) is 5.91 Å². The number of pyridine rings is 1. The van der Waals surface area contributed by atoms with Gasteiger partial charge in [-0.15, -0.1) is 0 Å². The highest BCUT2D eigenvalue weighted by atomic mass is 16.5. The minimum Gasteiger partial charge on any atom is -0.455 e. The molecule has 0 saturated carbocycles. The molecule has 39 heavy (non-hydrogen) atoms. The summed E-state index contributed by atoms with van der Waals surface area (Å²) in [6, 6.07) is 7.16. The number of rotatable bonds is 1. The molecule has 3 heterocycles. The fourth-order valence-electron chi connectivity index (χ4n) is 4.67. The topological polar surface area (TPSA) is 130 Å². The van der Waals surface area contributed by atoms with Crippen molar-refractivity contribution < 1.29 is 23.9 Å². The third-order valence-corrected chi connectivity index (χ3v) is 7.15. The Balaban J connectivity index is 1.67. The average molecular weight is 536 g/mol. The number of amides is 3. The molecular formula is C29H37N5O5. The van der Waals surface area contributed by atoms with E-state index in [1.807, 2.05) is 50.3 Å². The maximum Gasteiger partial charge on any atom is 0.325 e. The molecule has 5 bridgehead atoms. The van der Waals surface area contributed by atoms with E-state index in [2.05, 4.69) is 16.1 Å². The normalized spacial score (nSPS) is 28.2. The summed E-state index contributed by atoms with van der Waals surface area (Å²) < 4.78 is 5.73. The number of cyclic esters (lactones) is 1. The van der Waals surface area contributed by atoms with E-state index in [9.17, 15) is 19.2 Å². The van der Waals surface area contributed by atoms with Crippen molar-refractivity contribution in [3.63, 3.8) is 0 Å². The Morgan fingerprint density at radius 1 is 1.00 bits per heavy atom. The van der Waals surface area contributed by atoms with Gasteiger partial charge in [-0.1, -0.05) is 51.1 Å². The van der Waals surface area contributed by atoms with Crippen LogP contribution in [0, 0.1) is 11.8 Å². The molecule has 10 heteroatoms. The maximum absolute atomic E-state index is 13.1. The van der Waals surface area contributed by atoms with Gasteiger partial charge in [0.15, 0.2) is 0 Å². The van der Waals surface area contributed by atoms with Gasteiger partial charge < -0.3 is 15.4 Å². The van der Waals surface area contributed by atoms with Gasteiger partial charge in [0.1, 0.15) is 24.2 Å². The Hall–Kier alpha value is -3.79. The first-order chi connectivity index (χ1) is 18.5. The van der Waals surface area contributed by atoms with Crippen LogP contribution in [-0.2, 0) is 23.9 Å². The highest BCUT2D eigenvalue weighted by Gasteiger charge is 2.34. The summed E-state index contributed by atoms with van der Waals surface area (Å²) >= 11 is 0. The molecule has 0 spiro atoms.